The predicted octanol–water partition coefficient (Wildman–Crippen LogP) is 5.39. The Bertz CT molecular complexity index is 1010. The van der Waals surface area contributed by atoms with Crippen molar-refractivity contribution in [1.29, 1.82) is 0 Å². The van der Waals surface area contributed by atoms with E-state index in [0.717, 1.165) is 49.2 Å². The SMILES string of the molecule is O=S(=O)(NCC1(c2cccc(C(F)(F)F)c2)CCCC1)c1ccc(OC(F)(F)F)cc1. The van der Waals surface area contributed by atoms with Crippen LogP contribution >= 0.6 is 0 Å². The molecule has 3 rings (SSSR count). The zero-order chi connectivity index (χ0) is 22.9. The maximum Gasteiger partial charge on any atom is 0.573 e. The van der Waals surface area contributed by atoms with Crippen LogP contribution in [-0.2, 0) is 21.6 Å². The van der Waals surface area contributed by atoms with Crippen LogP contribution in [0.2, 0.25) is 0 Å². The highest BCUT2D eigenvalue weighted by Gasteiger charge is 2.39. The Hall–Kier alpha value is -2.27. The first-order chi connectivity index (χ1) is 14.3. The van der Waals surface area contributed by atoms with Gasteiger partial charge in [-0.1, -0.05) is 31.0 Å². The fraction of sp³-hybridized carbons (Fsp3) is 0.400. The van der Waals surface area contributed by atoms with Gasteiger partial charge < -0.3 is 4.74 Å². The van der Waals surface area contributed by atoms with Crippen LogP contribution < -0.4 is 9.46 Å². The molecular weight excluding hydrogens is 448 g/mol. The largest absolute Gasteiger partial charge is 0.573 e. The Morgan fingerprint density at radius 2 is 1.55 bits per heavy atom. The Morgan fingerprint density at radius 3 is 2.10 bits per heavy atom. The van der Waals surface area contributed by atoms with Crippen LogP contribution in [0, 0.1) is 0 Å². The first kappa shape index (κ1) is 23.4. The number of halogens is 6. The van der Waals surface area contributed by atoms with E-state index in [1.54, 1.807) is 6.07 Å². The van der Waals surface area contributed by atoms with Gasteiger partial charge in [0.1, 0.15) is 5.75 Å². The molecule has 170 valence electrons. The van der Waals surface area contributed by atoms with E-state index in [-0.39, 0.29) is 11.4 Å². The molecule has 1 saturated carbocycles. The van der Waals surface area contributed by atoms with Crippen LogP contribution in [0.4, 0.5) is 26.3 Å². The summed E-state index contributed by atoms with van der Waals surface area (Å²) in [6.45, 7) is -0.128. The number of benzene rings is 2. The molecule has 31 heavy (non-hydrogen) atoms. The van der Waals surface area contributed by atoms with E-state index in [4.69, 9.17) is 0 Å². The van der Waals surface area contributed by atoms with Crippen molar-refractivity contribution in [2.45, 2.75) is 48.5 Å². The van der Waals surface area contributed by atoms with Crippen molar-refractivity contribution < 1.29 is 39.5 Å². The molecule has 1 N–H and O–H groups in total. The van der Waals surface area contributed by atoms with Crippen LogP contribution in [0.1, 0.15) is 36.8 Å². The van der Waals surface area contributed by atoms with Crippen molar-refractivity contribution in [3.05, 3.63) is 59.7 Å². The van der Waals surface area contributed by atoms with Crippen molar-refractivity contribution in [1.82, 2.24) is 4.72 Å². The van der Waals surface area contributed by atoms with Gasteiger partial charge in [-0.25, -0.2) is 13.1 Å². The third-order valence-electron chi connectivity index (χ3n) is 5.33. The minimum Gasteiger partial charge on any atom is -0.406 e. The van der Waals surface area contributed by atoms with Gasteiger partial charge in [-0.15, -0.1) is 13.2 Å². The molecule has 0 aliphatic heterocycles. The van der Waals surface area contributed by atoms with Crippen LogP contribution in [0.3, 0.4) is 0 Å². The topological polar surface area (TPSA) is 55.4 Å². The number of rotatable bonds is 6. The van der Waals surface area contributed by atoms with Gasteiger partial charge in [0.15, 0.2) is 0 Å². The molecule has 0 heterocycles. The number of alkyl halides is 6. The molecule has 0 unspecified atom stereocenters. The van der Waals surface area contributed by atoms with Crippen molar-refractivity contribution in [2.75, 3.05) is 6.54 Å². The summed E-state index contributed by atoms with van der Waals surface area (Å²) in [5, 5.41) is 0. The normalized spacial score (nSPS) is 17.0. The summed E-state index contributed by atoms with van der Waals surface area (Å²) in [7, 11) is -4.10. The zero-order valence-corrected chi connectivity index (χ0v) is 16.9. The summed E-state index contributed by atoms with van der Waals surface area (Å²) in [5.74, 6) is -0.567. The highest BCUT2D eigenvalue weighted by Crippen LogP contribution is 2.42. The summed E-state index contributed by atoms with van der Waals surface area (Å²) in [6, 6.07) is 8.54. The number of hydrogen-bond donors (Lipinski definition) is 1. The molecule has 2 aromatic rings. The Balaban J connectivity index is 1.80. The average Bonchev–Trinajstić information content (AvgIpc) is 3.15. The maximum absolute atomic E-state index is 13.1. The number of ether oxygens (including phenoxy) is 1. The first-order valence-corrected chi connectivity index (χ1v) is 10.8. The molecule has 0 amide bonds. The zero-order valence-electron chi connectivity index (χ0n) is 16.1. The molecule has 11 heteroatoms. The third kappa shape index (κ3) is 5.70. The first-order valence-electron chi connectivity index (χ1n) is 9.34. The molecule has 0 aromatic heterocycles. The summed E-state index contributed by atoms with van der Waals surface area (Å²) < 4.78 is 108. The molecule has 0 bridgehead atoms. The van der Waals surface area contributed by atoms with Gasteiger partial charge in [-0.3, -0.25) is 0 Å². The van der Waals surface area contributed by atoms with E-state index in [1.807, 2.05) is 0 Å². The maximum atomic E-state index is 13.1. The minimum atomic E-state index is -4.90. The van der Waals surface area contributed by atoms with Crippen molar-refractivity contribution in [3.63, 3.8) is 0 Å². The second kappa shape index (κ2) is 8.34. The lowest BCUT2D eigenvalue weighted by Gasteiger charge is -2.30. The Kier molecular flexibility index (Phi) is 6.30. The quantitative estimate of drug-likeness (QED) is 0.580. The number of hydrogen-bond acceptors (Lipinski definition) is 3. The Morgan fingerprint density at radius 1 is 0.935 bits per heavy atom. The summed E-state index contributed by atoms with van der Waals surface area (Å²) in [5.41, 5.74) is -1.20. The average molecular weight is 467 g/mol. The van der Waals surface area contributed by atoms with Crippen LogP contribution in [0.25, 0.3) is 0 Å². The van der Waals surface area contributed by atoms with Gasteiger partial charge in [0.2, 0.25) is 10.0 Å². The summed E-state index contributed by atoms with van der Waals surface area (Å²) in [6.07, 6.45) is -6.93. The molecule has 0 atom stereocenters. The number of sulfonamides is 1. The van der Waals surface area contributed by atoms with Gasteiger partial charge in [0.05, 0.1) is 10.5 Å². The molecular formula is C20H19F6NO3S. The van der Waals surface area contributed by atoms with Crippen LogP contribution in [-0.4, -0.2) is 21.3 Å². The van der Waals surface area contributed by atoms with Gasteiger partial charge in [0, 0.05) is 12.0 Å². The lowest BCUT2D eigenvalue weighted by atomic mass is 9.78. The van der Waals surface area contributed by atoms with Gasteiger partial charge >= 0.3 is 12.5 Å². The fourth-order valence-corrected chi connectivity index (χ4v) is 4.91. The number of nitrogens with one attached hydrogen (secondary N) is 1. The van der Waals surface area contributed by atoms with E-state index >= 15 is 0 Å². The molecule has 1 aliphatic rings. The van der Waals surface area contributed by atoms with E-state index in [1.165, 1.54) is 6.07 Å². The van der Waals surface area contributed by atoms with E-state index in [2.05, 4.69) is 9.46 Å². The monoisotopic (exact) mass is 467 g/mol. The van der Waals surface area contributed by atoms with Crippen LogP contribution in [0.5, 0.6) is 5.75 Å². The van der Waals surface area contributed by atoms with Crippen molar-refractivity contribution >= 4 is 10.0 Å². The standard InChI is InChI=1S/C20H19F6NO3S/c21-19(22,23)15-5-3-4-14(12-15)18(10-1-2-11-18)13-27-31(28,29)17-8-6-16(7-9-17)30-20(24,25)26/h3-9,12,27H,1-2,10-11,13H2. The molecule has 0 radical (unpaired) electrons. The van der Waals surface area contributed by atoms with Gasteiger partial charge in [-0.05, 0) is 48.7 Å². The second-order valence-electron chi connectivity index (χ2n) is 7.41. The van der Waals surface area contributed by atoms with Crippen LogP contribution in [0.15, 0.2) is 53.4 Å². The highest BCUT2D eigenvalue weighted by molar-refractivity contribution is 7.89. The molecule has 1 aliphatic carbocycles. The predicted molar refractivity (Wildman–Crippen MR) is 99.9 cm³/mol. The molecule has 2 aromatic carbocycles. The fourth-order valence-electron chi connectivity index (χ4n) is 3.78. The van der Waals surface area contributed by atoms with E-state index in [9.17, 15) is 34.8 Å². The lowest BCUT2D eigenvalue weighted by molar-refractivity contribution is -0.274. The van der Waals surface area contributed by atoms with E-state index in [0.29, 0.717) is 18.4 Å². The second-order valence-corrected chi connectivity index (χ2v) is 9.18. The lowest BCUT2D eigenvalue weighted by Crippen LogP contribution is -2.39. The highest BCUT2D eigenvalue weighted by atomic mass is 32.2. The summed E-state index contributed by atoms with van der Waals surface area (Å²) in [4.78, 5) is -0.279. The van der Waals surface area contributed by atoms with Gasteiger partial charge in [-0.2, -0.15) is 13.2 Å². The smallest absolute Gasteiger partial charge is 0.406 e. The molecule has 1 fully saturated rings. The minimum absolute atomic E-state index is 0.128. The summed E-state index contributed by atoms with van der Waals surface area (Å²) >= 11 is 0. The molecule has 0 saturated heterocycles. The molecule has 4 nitrogen and oxygen atoms in total. The third-order valence-corrected chi connectivity index (χ3v) is 6.75. The Labute approximate surface area is 175 Å². The van der Waals surface area contributed by atoms with Crippen molar-refractivity contribution in [2.24, 2.45) is 0 Å². The molecule has 0 spiro atoms. The van der Waals surface area contributed by atoms with Gasteiger partial charge in [0.25, 0.3) is 0 Å². The van der Waals surface area contributed by atoms with Crippen molar-refractivity contribution in [3.8, 4) is 5.75 Å². The van der Waals surface area contributed by atoms with E-state index < -0.39 is 39.3 Å².